The second-order valence-electron chi connectivity index (χ2n) is 4.47. The van der Waals surface area contributed by atoms with Gasteiger partial charge in [-0.25, -0.2) is 0 Å². The molecule has 0 spiro atoms. The second kappa shape index (κ2) is 4.53. The van der Waals surface area contributed by atoms with E-state index >= 15 is 0 Å². The topological polar surface area (TPSA) is 37.8 Å². The summed E-state index contributed by atoms with van der Waals surface area (Å²) in [5.41, 5.74) is 3.07. The fraction of sp³-hybridized carbons (Fsp3) is 0.308. The summed E-state index contributed by atoms with van der Waals surface area (Å²) in [4.78, 5) is 11.5. The molecule has 0 saturated heterocycles. The van der Waals surface area contributed by atoms with Crippen molar-refractivity contribution in [1.29, 1.82) is 0 Å². The highest BCUT2D eigenvalue weighted by Crippen LogP contribution is 2.22. The van der Waals surface area contributed by atoms with Crippen molar-refractivity contribution in [1.82, 2.24) is 9.78 Å². The molecule has 0 radical (unpaired) electrons. The fourth-order valence-corrected chi connectivity index (χ4v) is 2.13. The molecule has 0 atom stereocenters. The van der Waals surface area contributed by atoms with Crippen LogP contribution in [0.25, 0.3) is 5.69 Å². The van der Waals surface area contributed by atoms with Crippen LogP contribution >= 0.6 is 15.9 Å². The summed E-state index contributed by atoms with van der Waals surface area (Å²) < 4.78 is 2.89. The molecule has 0 aliphatic carbocycles. The smallest absolute Gasteiger partial charge is 0.264 e. The zero-order valence-corrected chi connectivity index (χ0v) is 11.7. The van der Waals surface area contributed by atoms with Gasteiger partial charge >= 0.3 is 0 Å². The van der Waals surface area contributed by atoms with Gasteiger partial charge in [0.2, 0.25) is 0 Å². The standard InChI is InChI=1S/C13H15BrN2O/c1-8(2)12-7-13(17)15-16(12)10-5-4-9(3)11(14)6-10/h4-8H,1-3H3,(H,15,17). The van der Waals surface area contributed by atoms with Gasteiger partial charge in [-0.05, 0) is 30.5 Å². The van der Waals surface area contributed by atoms with Gasteiger partial charge in [0.05, 0.1) is 5.69 Å². The van der Waals surface area contributed by atoms with Gasteiger partial charge < -0.3 is 0 Å². The van der Waals surface area contributed by atoms with Crippen LogP contribution in [0.4, 0.5) is 0 Å². The van der Waals surface area contributed by atoms with Crippen LogP contribution in [0.5, 0.6) is 0 Å². The van der Waals surface area contributed by atoms with Gasteiger partial charge in [0.25, 0.3) is 5.56 Å². The summed E-state index contributed by atoms with van der Waals surface area (Å²) in [5, 5.41) is 2.83. The summed E-state index contributed by atoms with van der Waals surface area (Å²) in [5.74, 6) is 0.300. The van der Waals surface area contributed by atoms with Gasteiger partial charge in [0.15, 0.2) is 0 Å². The lowest BCUT2D eigenvalue weighted by Crippen LogP contribution is -2.06. The minimum atomic E-state index is -0.0644. The number of rotatable bonds is 2. The van der Waals surface area contributed by atoms with Crippen LogP contribution < -0.4 is 5.56 Å². The van der Waals surface area contributed by atoms with Crippen molar-refractivity contribution < 1.29 is 0 Å². The fourth-order valence-electron chi connectivity index (χ4n) is 1.77. The molecule has 0 amide bonds. The predicted molar refractivity (Wildman–Crippen MR) is 72.9 cm³/mol. The van der Waals surface area contributed by atoms with Gasteiger partial charge in [0, 0.05) is 16.2 Å². The maximum absolute atomic E-state index is 11.5. The molecule has 1 aromatic carbocycles. The Hall–Kier alpha value is -1.29. The quantitative estimate of drug-likeness (QED) is 0.906. The monoisotopic (exact) mass is 294 g/mol. The van der Waals surface area contributed by atoms with Crippen LogP contribution in [0.3, 0.4) is 0 Å². The van der Waals surface area contributed by atoms with E-state index < -0.39 is 0 Å². The number of benzene rings is 1. The number of nitrogens with one attached hydrogen (secondary N) is 1. The average molecular weight is 295 g/mol. The Kier molecular flexibility index (Phi) is 3.24. The van der Waals surface area contributed by atoms with Gasteiger partial charge in [-0.3, -0.25) is 14.6 Å². The van der Waals surface area contributed by atoms with E-state index in [1.54, 1.807) is 6.07 Å². The van der Waals surface area contributed by atoms with E-state index in [1.165, 1.54) is 5.56 Å². The Labute approximate surface area is 109 Å². The molecule has 0 saturated carbocycles. The number of hydrogen-bond donors (Lipinski definition) is 1. The summed E-state index contributed by atoms with van der Waals surface area (Å²) >= 11 is 3.51. The molecule has 0 fully saturated rings. The number of aromatic amines is 1. The first-order valence-corrected chi connectivity index (χ1v) is 6.37. The molecule has 90 valence electrons. The molecule has 17 heavy (non-hydrogen) atoms. The van der Waals surface area contributed by atoms with Crippen molar-refractivity contribution >= 4 is 15.9 Å². The first-order chi connectivity index (χ1) is 7.99. The minimum absolute atomic E-state index is 0.0644. The van der Waals surface area contributed by atoms with Crippen molar-refractivity contribution in [2.45, 2.75) is 26.7 Å². The van der Waals surface area contributed by atoms with Gasteiger partial charge in [-0.1, -0.05) is 35.8 Å². The summed E-state index contributed by atoms with van der Waals surface area (Å²) in [7, 11) is 0. The lowest BCUT2D eigenvalue weighted by molar-refractivity contribution is 0.730. The van der Waals surface area contributed by atoms with Crippen molar-refractivity contribution in [2.75, 3.05) is 0 Å². The predicted octanol–water partition coefficient (Wildman–Crippen LogP) is 3.36. The number of nitrogens with zero attached hydrogens (tertiary/aromatic N) is 1. The average Bonchev–Trinajstić information content (AvgIpc) is 2.64. The third kappa shape index (κ3) is 2.36. The largest absolute Gasteiger partial charge is 0.268 e. The van der Waals surface area contributed by atoms with Crippen LogP contribution in [0.15, 0.2) is 33.5 Å². The molecule has 1 N–H and O–H groups in total. The molecule has 1 heterocycles. The van der Waals surface area contributed by atoms with Crippen LogP contribution in [0.2, 0.25) is 0 Å². The molecule has 0 unspecified atom stereocenters. The normalized spacial score (nSPS) is 11.1. The lowest BCUT2D eigenvalue weighted by atomic mass is 10.1. The van der Waals surface area contributed by atoms with E-state index in [-0.39, 0.29) is 5.56 Å². The van der Waals surface area contributed by atoms with Crippen molar-refractivity contribution in [2.24, 2.45) is 0 Å². The Bertz CT molecular complexity index is 596. The molecule has 2 rings (SSSR count). The molecule has 2 aromatic rings. The molecule has 0 aliphatic heterocycles. The third-order valence-corrected chi connectivity index (χ3v) is 3.62. The van der Waals surface area contributed by atoms with E-state index in [1.807, 2.05) is 29.8 Å². The van der Waals surface area contributed by atoms with Crippen LogP contribution in [0, 0.1) is 6.92 Å². The van der Waals surface area contributed by atoms with Crippen molar-refractivity contribution in [3.8, 4) is 5.69 Å². The zero-order valence-electron chi connectivity index (χ0n) is 10.1. The number of hydrogen-bond acceptors (Lipinski definition) is 1. The van der Waals surface area contributed by atoms with Gasteiger partial charge in [-0.2, -0.15) is 0 Å². The first kappa shape index (κ1) is 12.2. The molecule has 4 heteroatoms. The minimum Gasteiger partial charge on any atom is -0.268 e. The molecule has 0 bridgehead atoms. The molecular weight excluding hydrogens is 280 g/mol. The van der Waals surface area contributed by atoms with Crippen molar-refractivity contribution in [3.63, 3.8) is 0 Å². The van der Waals surface area contributed by atoms with E-state index in [9.17, 15) is 4.79 Å². The Morgan fingerprint density at radius 1 is 1.29 bits per heavy atom. The van der Waals surface area contributed by atoms with E-state index in [2.05, 4.69) is 34.9 Å². The summed E-state index contributed by atoms with van der Waals surface area (Å²) in [6.45, 7) is 6.18. The zero-order chi connectivity index (χ0) is 12.6. The Morgan fingerprint density at radius 2 is 2.00 bits per heavy atom. The molecule has 3 nitrogen and oxygen atoms in total. The third-order valence-electron chi connectivity index (χ3n) is 2.76. The number of aromatic nitrogens is 2. The Balaban J connectivity index is 2.59. The summed E-state index contributed by atoms with van der Waals surface area (Å²) in [6.07, 6.45) is 0. The molecular formula is C13H15BrN2O. The van der Waals surface area contributed by atoms with E-state index in [0.29, 0.717) is 5.92 Å². The lowest BCUT2D eigenvalue weighted by Gasteiger charge is -2.11. The second-order valence-corrected chi connectivity index (χ2v) is 5.32. The van der Waals surface area contributed by atoms with E-state index in [4.69, 9.17) is 0 Å². The maximum Gasteiger partial charge on any atom is 0.264 e. The number of halogens is 1. The van der Waals surface area contributed by atoms with Gasteiger partial charge in [-0.15, -0.1) is 0 Å². The molecule has 0 aliphatic rings. The SMILES string of the molecule is Cc1ccc(-n2[nH]c(=O)cc2C(C)C)cc1Br. The first-order valence-electron chi connectivity index (χ1n) is 5.57. The van der Waals surface area contributed by atoms with E-state index in [0.717, 1.165) is 15.9 Å². The summed E-state index contributed by atoms with van der Waals surface area (Å²) in [6, 6.07) is 7.69. The van der Waals surface area contributed by atoms with Crippen LogP contribution in [-0.2, 0) is 0 Å². The molecule has 1 aromatic heterocycles. The maximum atomic E-state index is 11.5. The number of H-pyrrole nitrogens is 1. The highest BCUT2D eigenvalue weighted by molar-refractivity contribution is 9.10. The van der Waals surface area contributed by atoms with Crippen LogP contribution in [0.1, 0.15) is 31.0 Å². The van der Waals surface area contributed by atoms with Crippen molar-refractivity contribution in [3.05, 3.63) is 50.3 Å². The van der Waals surface area contributed by atoms with Crippen LogP contribution in [-0.4, -0.2) is 9.78 Å². The number of aryl methyl sites for hydroxylation is 1. The van der Waals surface area contributed by atoms with Gasteiger partial charge in [0.1, 0.15) is 0 Å². The highest BCUT2D eigenvalue weighted by Gasteiger charge is 2.10. The Morgan fingerprint density at radius 3 is 2.59 bits per heavy atom. The highest BCUT2D eigenvalue weighted by atomic mass is 79.9.